The molecule has 0 spiro atoms. The molecule has 9 heteroatoms. The van der Waals surface area contributed by atoms with Crippen LogP contribution >= 0.6 is 0 Å². The Morgan fingerprint density at radius 2 is 1.87 bits per heavy atom. The third-order valence-electron chi connectivity index (χ3n) is 7.07. The average Bonchev–Trinajstić information content (AvgIpc) is 3.28. The van der Waals surface area contributed by atoms with Gasteiger partial charge < -0.3 is 24.6 Å². The number of nitriles is 1. The molecule has 39 heavy (non-hydrogen) atoms. The summed E-state index contributed by atoms with van der Waals surface area (Å²) in [7, 11) is 0. The van der Waals surface area contributed by atoms with Crippen molar-refractivity contribution in [3.63, 3.8) is 0 Å². The first-order chi connectivity index (χ1) is 18.5. The second-order valence-corrected chi connectivity index (χ2v) is 11.4. The van der Waals surface area contributed by atoms with Gasteiger partial charge in [0.15, 0.2) is 0 Å². The van der Waals surface area contributed by atoms with E-state index in [0.717, 1.165) is 44.5 Å². The van der Waals surface area contributed by atoms with Crippen LogP contribution in [-0.4, -0.2) is 58.0 Å². The molecule has 4 rings (SSSR count). The Morgan fingerprint density at radius 1 is 1.15 bits per heavy atom. The van der Waals surface area contributed by atoms with E-state index in [-0.39, 0.29) is 17.6 Å². The number of carbonyl (C=O) groups is 1. The first-order valence-corrected chi connectivity index (χ1v) is 13.4. The molecular weight excluding hydrogens is 494 g/mol. The predicted molar refractivity (Wildman–Crippen MR) is 149 cm³/mol. The summed E-state index contributed by atoms with van der Waals surface area (Å²) in [5.41, 5.74) is 4.39. The molecule has 1 aliphatic rings. The number of amides is 1. The van der Waals surface area contributed by atoms with E-state index in [1.807, 2.05) is 26.0 Å². The number of benzene rings is 2. The van der Waals surface area contributed by atoms with Gasteiger partial charge in [0.05, 0.1) is 11.7 Å². The minimum absolute atomic E-state index is 0.0346. The Morgan fingerprint density at radius 3 is 2.54 bits per heavy atom. The second kappa shape index (κ2) is 11.9. The van der Waals surface area contributed by atoms with Crippen molar-refractivity contribution < 1.29 is 19.2 Å². The monoisotopic (exact) mass is 531 g/mol. The lowest BCUT2D eigenvalue weighted by atomic mass is 9.84. The third-order valence-corrected chi connectivity index (χ3v) is 7.07. The Kier molecular flexibility index (Phi) is 8.56. The molecule has 0 bridgehead atoms. The fraction of sp³-hybridized carbons (Fsp3) is 0.467. The maximum absolute atomic E-state index is 11.3. The zero-order chi connectivity index (χ0) is 28.2. The normalized spacial score (nSPS) is 14.8. The molecule has 1 atom stereocenters. The molecular formula is C30H37N5O4. The van der Waals surface area contributed by atoms with Gasteiger partial charge in [-0.1, -0.05) is 38.1 Å². The first-order valence-electron chi connectivity index (χ1n) is 13.4. The van der Waals surface area contributed by atoms with Gasteiger partial charge in [-0.2, -0.15) is 10.2 Å². The standard InChI is InChI=1S/C30H37N5O4/c1-19(2)38-25-9-8-23(17-24(25)18-31)28-33-27(34-39-28)22-7-6-20-10-13-35(14-11-21(20)16-22)15-12-26(30(3,4)5)32-29(36)37/h6-9,16-17,19,26,32H,10-15H2,1-5H3,(H,36,37). The molecule has 1 aromatic heterocycles. The van der Waals surface area contributed by atoms with Crippen LogP contribution in [0.1, 0.15) is 57.7 Å². The molecule has 1 amide bonds. The van der Waals surface area contributed by atoms with Crippen LogP contribution in [0.5, 0.6) is 5.75 Å². The highest BCUT2D eigenvalue weighted by atomic mass is 16.5. The molecule has 0 fully saturated rings. The van der Waals surface area contributed by atoms with E-state index in [2.05, 4.69) is 59.3 Å². The summed E-state index contributed by atoms with van der Waals surface area (Å²) in [6, 6.07) is 13.6. The van der Waals surface area contributed by atoms with E-state index in [4.69, 9.17) is 9.26 Å². The highest BCUT2D eigenvalue weighted by Gasteiger charge is 2.27. The summed E-state index contributed by atoms with van der Waals surface area (Å²) in [6.45, 7) is 12.7. The van der Waals surface area contributed by atoms with Gasteiger partial charge in [0, 0.05) is 36.8 Å². The van der Waals surface area contributed by atoms with Crippen LogP contribution in [0.25, 0.3) is 22.8 Å². The van der Waals surface area contributed by atoms with Gasteiger partial charge in [0.25, 0.3) is 5.89 Å². The predicted octanol–water partition coefficient (Wildman–Crippen LogP) is 5.54. The molecule has 1 aliphatic heterocycles. The van der Waals surface area contributed by atoms with Crippen LogP contribution in [0.4, 0.5) is 4.79 Å². The highest BCUT2D eigenvalue weighted by molar-refractivity contribution is 5.65. The van der Waals surface area contributed by atoms with Crippen molar-refractivity contribution in [2.75, 3.05) is 19.6 Å². The molecule has 0 radical (unpaired) electrons. The van der Waals surface area contributed by atoms with Crippen molar-refractivity contribution in [1.82, 2.24) is 20.4 Å². The number of nitrogens with one attached hydrogen (secondary N) is 1. The summed E-state index contributed by atoms with van der Waals surface area (Å²) in [5, 5.41) is 25.7. The number of nitrogens with zero attached hydrogens (tertiary/aromatic N) is 4. The van der Waals surface area contributed by atoms with Crippen molar-refractivity contribution >= 4 is 6.09 Å². The lowest BCUT2D eigenvalue weighted by Crippen LogP contribution is -2.45. The van der Waals surface area contributed by atoms with Crippen LogP contribution in [0.15, 0.2) is 40.9 Å². The lowest BCUT2D eigenvalue weighted by Gasteiger charge is -2.32. The van der Waals surface area contributed by atoms with Gasteiger partial charge in [-0.15, -0.1) is 0 Å². The van der Waals surface area contributed by atoms with Gasteiger partial charge in [0.1, 0.15) is 11.8 Å². The summed E-state index contributed by atoms with van der Waals surface area (Å²) < 4.78 is 11.3. The molecule has 0 saturated carbocycles. The summed E-state index contributed by atoms with van der Waals surface area (Å²) in [4.78, 5) is 18.3. The highest BCUT2D eigenvalue weighted by Crippen LogP contribution is 2.29. The van der Waals surface area contributed by atoms with E-state index < -0.39 is 6.09 Å². The molecule has 0 aliphatic carbocycles. The fourth-order valence-corrected chi connectivity index (χ4v) is 4.88. The molecule has 206 valence electrons. The topological polar surface area (TPSA) is 125 Å². The Bertz CT molecular complexity index is 1350. The zero-order valence-corrected chi connectivity index (χ0v) is 23.3. The molecule has 9 nitrogen and oxygen atoms in total. The lowest BCUT2D eigenvalue weighted by molar-refractivity contribution is 0.164. The molecule has 2 heterocycles. The van der Waals surface area contributed by atoms with Crippen molar-refractivity contribution in [3.8, 4) is 34.7 Å². The van der Waals surface area contributed by atoms with Gasteiger partial charge >= 0.3 is 6.09 Å². The van der Waals surface area contributed by atoms with Gasteiger partial charge in [0.2, 0.25) is 5.82 Å². The van der Waals surface area contributed by atoms with Gasteiger partial charge in [-0.3, -0.25) is 0 Å². The van der Waals surface area contributed by atoms with Crippen molar-refractivity contribution in [1.29, 1.82) is 5.26 Å². The molecule has 0 saturated heterocycles. The first kappa shape index (κ1) is 28.1. The van der Waals surface area contributed by atoms with Crippen LogP contribution in [-0.2, 0) is 12.8 Å². The average molecular weight is 532 g/mol. The van der Waals surface area contributed by atoms with Gasteiger partial charge in [-0.05, 0) is 73.9 Å². The maximum Gasteiger partial charge on any atom is 0.404 e. The number of carboxylic acid groups (broad SMARTS) is 1. The fourth-order valence-electron chi connectivity index (χ4n) is 4.88. The number of aromatic nitrogens is 2. The summed E-state index contributed by atoms with van der Waals surface area (Å²) >= 11 is 0. The molecule has 1 unspecified atom stereocenters. The van der Waals surface area contributed by atoms with Crippen molar-refractivity contribution in [2.24, 2.45) is 5.41 Å². The number of rotatable bonds is 8. The van der Waals surface area contributed by atoms with Crippen LogP contribution in [0, 0.1) is 16.7 Å². The molecule has 3 aromatic rings. The number of fused-ring (bicyclic) bond motifs is 1. The maximum atomic E-state index is 11.3. The smallest absolute Gasteiger partial charge is 0.404 e. The Labute approximate surface area is 229 Å². The van der Waals surface area contributed by atoms with Crippen molar-refractivity contribution in [2.45, 2.75) is 66.0 Å². The SMILES string of the molecule is CC(C)Oc1ccc(-c2nc(-c3ccc4c(c3)CCN(CCC(NC(=O)O)C(C)(C)C)CC4)no2)cc1C#N. The van der Waals surface area contributed by atoms with E-state index in [0.29, 0.717) is 28.6 Å². The molecule has 2 aromatic carbocycles. The largest absolute Gasteiger partial charge is 0.490 e. The van der Waals surface area contributed by atoms with Crippen LogP contribution in [0.2, 0.25) is 0 Å². The zero-order valence-electron chi connectivity index (χ0n) is 23.3. The van der Waals surface area contributed by atoms with E-state index in [1.54, 1.807) is 12.1 Å². The number of hydrogen-bond donors (Lipinski definition) is 2. The minimum Gasteiger partial charge on any atom is -0.490 e. The van der Waals surface area contributed by atoms with Crippen LogP contribution < -0.4 is 10.1 Å². The summed E-state index contributed by atoms with van der Waals surface area (Å²) in [6.07, 6.45) is 1.58. The number of hydrogen-bond acceptors (Lipinski definition) is 7. The second-order valence-electron chi connectivity index (χ2n) is 11.4. The van der Waals surface area contributed by atoms with E-state index >= 15 is 0 Å². The van der Waals surface area contributed by atoms with Crippen LogP contribution in [0.3, 0.4) is 0 Å². The summed E-state index contributed by atoms with van der Waals surface area (Å²) in [5.74, 6) is 1.38. The Balaban J connectivity index is 1.44. The van der Waals surface area contributed by atoms with Gasteiger partial charge in [-0.25, -0.2) is 4.79 Å². The van der Waals surface area contributed by atoms with E-state index in [9.17, 15) is 15.2 Å². The quantitative estimate of drug-likeness (QED) is 0.388. The minimum atomic E-state index is -0.974. The Hall–Kier alpha value is -3.90. The number of ether oxygens (including phenoxy) is 1. The third kappa shape index (κ3) is 7.15. The van der Waals surface area contributed by atoms with E-state index in [1.165, 1.54) is 11.1 Å². The molecule has 2 N–H and O–H groups in total. The van der Waals surface area contributed by atoms with Crippen molar-refractivity contribution in [3.05, 3.63) is 53.1 Å².